The molecular weight excluding hydrogens is 384 g/mol. The van der Waals surface area contributed by atoms with Crippen LogP contribution in [0.1, 0.15) is 35.2 Å². The summed E-state index contributed by atoms with van der Waals surface area (Å²) in [6.07, 6.45) is 1.09. The molecule has 1 N–H and O–H groups in total. The summed E-state index contributed by atoms with van der Waals surface area (Å²) in [6, 6.07) is 12.8. The van der Waals surface area contributed by atoms with Gasteiger partial charge in [-0.3, -0.25) is 4.79 Å². The van der Waals surface area contributed by atoms with Gasteiger partial charge in [-0.1, -0.05) is 53.6 Å². The number of rotatable bonds is 7. The van der Waals surface area contributed by atoms with E-state index in [1.165, 1.54) is 0 Å². The third kappa shape index (κ3) is 6.06. The highest BCUT2D eigenvalue weighted by Crippen LogP contribution is 2.20. The number of halogens is 1. The minimum absolute atomic E-state index is 0.0455. The molecule has 0 saturated heterocycles. The Kier molecular flexibility index (Phi) is 7.03. The molecule has 1 amide bonds. The lowest BCUT2D eigenvalue weighted by molar-refractivity contribution is -0.122. The van der Waals surface area contributed by atoms with Gasteiger partial charge in [-0.05, 0) is 43.5 Å². The van der Waals surface area contributed by atoms with Gasteiger partial charge < -0.3 is 5.32 Å². The fraction of sp³-hybridized carbons (Fsp3) is 0.350. The summed E-state index contributed by atoms with van der Waals surface area (Å²) < 4.78 is 25.4. The highest BCUT2D eigenvalue weighted by atomic mass is 35.5. The first-order valence-electron chi connectivity index (χ1n) is 8.63. The normalized spacial score (nSPS) is 12.8. The number of carbonyl (C=O) groups is 1. The molecule has 27 heavy (non-hydrogen) atoms. The lowest BCUT2D eigenvalue weighted by Gasteiger charge is -2.22. The maximum absolute atomic E-state index is 12.5. The van der Waals surface area contributed by atoms with Crippen molar-refractivity contribution in [2.75, 3.05) is 12.8 Å². The number of sulfonamides is 1. The molecule has 2 aromatic carbocycles. The minimum atomic E-state index is -3.58. The molecule has 2 rings (SSSR count). The Bertz CT molecular complexity index is 929. The molecule has 0 saturated carbocycles. The van der Waals surface area contributed by atoms with E-state index >= 15 is 0 Å². The maximum Gasteiger partial charge on any atom is 0.235 e. The Labute approximate surface area is 166 Å². The van der Waals surface area contributed by atoms with E-state index in [9.17, 15) is 13.2 Å². The number of benzene rings is 2. The standard InChI is InChI=1S/C20H25ClN2O3S/c1-14-9-10-18(15(2)11-14)16(3)22-20(24)13-23(27(4,25)26)12-17-7-5-6-8-19(17)21/h5-11,16H,12-13H2,1-4H3,(H,22,24)/t16-/m0/s1. The third-order valence-corrected chi connectivity index (χ3v) is 5.93. The van der Waals surface area contributed by atoms with Gasteiger partial charge in [-0.25, -0.2) is 8.42 Å². The molecule has 0 unspecified atom stereocenters. The molecule has 0 heterocycles. The van der Waals surface area contributed by atoms with Crippen molar-refractivity contribution in [1.29, 1.82) is 0 Å². The van der Waals surface area contributed by atoms with Gasteiger partial charge in [-0.15, -0.1) is 0 Å². The number of aryl methyl sites for hydroxylation is 2. The molecule has 2 aromatic rings. The number of hydrogen-bond donors (Lipinski definition) is 1. The number of amides is 1. The quantitative estimate of drug-likeness (QED) is 0.761. The second-order valence-corrected chi connectivity index (χ2v) is 9.16. The molecule has 146 valence electrons. The molecule has 0 aliphatic carbocycles. The molecule has 0 aromatic heterocycles. The van der Waals surface area contributed by atoms with Gasteiger partial charge in [0.15, 0.2) is 0 Å². The number of nitrogens with zero attached hydrogens (tertiary/aromatic N) is 1. The van der Waals surface area contributed by atoms with Gasteiger partial charge in [0.25, 0.3) is 0 Å². The summed E-state index contributed by atoms with van der Waals surface area (Å²) in [5.74, 6) is -0.361. The Hall–Kier alpha value is -1.89. The van der Waals surface area contributed by atoms with Crippen molar-refractivity contribution in [2.24, 2.45) is 0 Å². The Balaban J connectivity index is 2.11. The summed E-state index contributed by atoms with van der Waals surface area (Å²) in [5, 5.41) is 3.35. The van der Waals surface area contributed by atoms with Crippen molar-refractivity contribution in [3.8, 4) is 0 Å². The first-order chi connectivity index (χ1) is 12.6. The topological polar surface area (TPSA) is 66.5 Å². The smallest absolute Gasteiger partial charge is 0.235 e. The fourth-order valence-electron chi connectivity index (χ4n) is 2.94. The van der Waals surface area contributed by atoms with Crippen LogP contribution >= 0.6 is 11.6 Å². The number of nitrogens with one attached hydrogen (secondary N) is 1. The van der Waals surface area contributed by atoms with E-state index < -0.39 is 10.0 Å². The molecular formula is C20H25ClN2O3S. The van der Waals surface area contributed by atoms with E-state index in [-0.39, 0.29) is 25.0 Å². The molecule has 0 radical (unpaired) electrons. The average molecular weight is 409 g/mol. The van der Waals surface area contributed by atoms with Crippen LogP contribution in [0.5, 0.6) is 0 Å². The molecule has 0 spiro atoms. The zero-order valence-corrected chi connectivity index (χ0v) is 17.6. The highest BCUT2D eigenvalue weighted by molar-refractivity contribution is 7.88. The zero-order chi connectivity index (χ0) is 20.2. The van der Waals surface area contributed by atoms with E-state index in [0.717, 1.165) is 27.3 Å². The monoisotopic (exact) mass is 408 g/mol. The van der Waals surface area contributed by atoms with E-state index in [1.807, 2.05) is 32.9 Å². The van der Waals surface area contributed by atoms with Crippen LogP contribution in [-0.4, -0.2) is 31.4 Å². The van der Waals surface area contributed by atoms with E-state index in [4.69, 9.17) is 11.6 Å². The van der Waals surface area contributed by atoms with Gasteiger partial charge in [0, 0.05) is 11.6 Å². The first kappa shape index (κ1) is 21.4. The van der Waals surface area contributed by atoms with Gasteiger partial charge in [0.05, 0.1) is 18.8 Å². The Morgan fingerprint density at radius 1 is 1.19 bits per heavy atom. The van der Waals surface area contributed by atoms with Crippen LogP contribution < -0.4 is 5.32 Å². The lowest BCUT2D eigenvalue weighted by atomic mass is 10.0. The third-order valence-electron chi connectivity index (χ3n) is 4.36. The summed E-state index contributed by atoms with van der Waals surface area (Å²) in [7, 11) is -3.58. The fourth-order valence-corrected chi connectivity index (χ4v) is 3.86. The number of hydrogen-bond acceptors (Lipinski definition) is 3. The summed E-state index contributed by atoms with van der Waals surface area (Å²) in [6.45, 7) is 5.67. The SMILES string of the molecule is Cc1ccc([C@H](C)NC(=O)CN(Cc2ccccc2Cl)S(C)(=O)=O)c(C)c1. The largest absolute Gasteiger partial charge is 0.348 e. The second kappa shape index (κ2) is 8.87. The van der Waals surface area contributed by atoms with Crippen LogP contribution in [0.4, 0.5) is 0 Å². The second-order valence-electron chi connectivity index (χ2n) is 6.77. The van der Waals surface area contributed by atoms with Gasteiger partial charge in [-0.2, -0.15) is 4.31 Å². The minimum Gasteiger partial charge on any atom is -0.348 e. The lowest BCUT2D eigenvalue weighted by Crippen LogP contribution is -2.40. The summed E-state index contributed by atoms with van der Waals surface area (Å²) >= 11 is 6.13. The Morgan fingerprint density at radius 3 is 2.44 bits per heavy atom. The van der Waals surface area contributed by atoms with Crippen LogP contribution in [0.2, 0.25) is 5.02 Å². The first-order valence-corrected chi connectivity index (χ1v) is 10.9. The molecule has 5 nitrogen and oxygen atoms in total. The van der Waals surface area contributed by atoms with Crippen molar-refractivity contribution in [3.63, 3.8) is 0 Å². The van der Waals surface area contributed by atoms with Gasteiger partial charge >= 0.3 is 0 Å². The van der Waals surface area contributed by atoms with Crippen molar-refractivity contribution >= 4 is 27.5 Å². The molecule has 0 aliphatic rings. The van der Waals surface area contributed by atoms with Crippen molar-refractivity contribution in [1.82, 2.24) is 9.62 Å². The molecule has 0 aliphatic heterocycles. The predicted octanol–water partition coefficient (Wildman–Crippen LogP) is 3.60. The van der Waals surface area contributed by atoms with E-state index in [1.54, 1.807) is 24.3 Å². The van der Waals surface area contributed by atoms with E-state index in [0.29, 0.717) is 10.6 Å². The Morgan fingerprint density at radius 2 is 1.85 bits per heavy atom. The van der Waals surface area contributed by atoms with Crippen LogP contribution in [0.25, 0.3) is 0 Å². The average Bonchev–Trinajstić information content (AvgIpc) is 2.55. The number of carbonyl (C=O) groups excluding carboxylic acids is 1. The molecule has 7 heteroatoms. The van der Waals surface area contributed by atoms with Crippen LogP contribution in [0.3, 0.4) is 0 Å². The summed E-state index contributed by atoms with van der Waals surface area (Å²) in [5.41, 5.74) is 3.89. The van der Waals surface area contributed by atoms with Crippen molar-refractivity contribution in [2.45, 2.75) is 33.4 Å². The molecule has 0 fully saturated rings. The van der Waals surface area contributed by atoms with Crippen LogP contribution in [0, 0.1) is 13.8 Å². The molecule has 1 atom stereocenters. The van der Waals surface area contributed by atoms with Crippen LogP contribution in [0.15, 0.2) is 42.5 Å². The molecule has 0 bridgehead atoms. The summed E-state index contributed by atoms with van der Waals surface area (Å²) in [4.78, 5) is 12.5. The van der Waals surface area contributed by atoms with Crippen molar-refractivity contribution in [3.05, 3.63) is 69.7 Å². The zero-order valence-electron chi connectivity index (χ0n) is 16.0. The van der Waals surface area contributed by atoms with Crippen molar-refractivity contribution < 1.29 is 13.2 Å². The van der Waals surface area contributed by atoms with Crippen LogP contribution in [-0.2, 0) is 21.4 Å². The highest BCUT2D eigenvalue weighted by Gasteiger charge is 2.22. The predicted molar refractivity (Wildman–Crippen MR) is 109 cm³/mol. The maximum atomic E-state index is 12.5. The van der Waals surface area contributed by atoms with E-state index in [2.05, 4.69) is 11.4 Å². The van der Waals surface area contributed by atoms with Gasteiger partial charge in [0.1, 0.15) is 0 Å². The van der Waals surface area contributed by atoms with Gasteiger partial charge in [0.2, 0.25) is 15.9 Å².